The molecule has 19 heavy (non-hydrogen) atoms. The fourth-order valence-electron chi connectivity index (χ4n) is 1.39. The lowest BCUT2D eigenvalue weighted by Gasteiger charge is -2.09. The molecule has 0 saturated heterocycles. The number of amides is 1. The molecule has 4 nitrogen and oxygen atoms in total. The van der Waals surface area contributed by atoms with Gasteiger partial charge in [-0.15, -0.1) is 0 Å². The summed E-state index contributed by atoms with van der Waals surface area (Å²) >= 11 is 0. The molecule has 0 saturated carbocycles. The van der Waals surface area contributed by atoms with E-state index >= 15 is 0 Å². The van der Waals surface area contributed by atoms with Crippen molar-refractivity contribution in [3.05, 3.63) is 29.8 Å². The third kappa shape index (κ3) is 5.60. The summed E-state index contributed by atoms with van der Waals surface area (Å²) in [6.07, 6.45) is -2.82. The molecule has 3 N–H and O–H groups in total. The summed E-state index contributed by atoms with van der Waals surface area (Å²) in [5.41, 5.74) is 1.30. The zero-order chi connectivity index (χ0) is 14.3. The summed E-state index contributed by atoms with van der Waals surface area (Å²) in [6.45, 7) is 0.337. The van der Waals surface area contributed by atoms with Crippen LogP contribution >= 0.6 is 0 Å². The SMILES string of the molecule is NNC(=O)CCCCOc1ccc(C(F)(F)F)cc1. The first-order valence-corrected chi connectivity index (χ1v) is 5.73. The maximum absolute atomic E-state index is 12.3. The number of unbranched alkanes of at least 4 members (excludes halogenated alkanes) is 1. The van der Waals surface area contributed by atoms with Gasteiger partial charge < -0.3 is 4.74 Å². The van der Waals surface area contributed by atoms with Gasteiger partial charge >= 0.3 is 6.18 Å². The van der Waals surface area contributed by atoms with E-state index in [4.69, 9.17) is 10.6 Å². The van der Waals surface area contributed by atoms with Gasteiger partial charge in [-0.1, -0.05) is 0 Å². The minimum Gasteiger partial charge on any atom is -0.494 e. The Morgan fingerprint density at radius 1 is 1.21 bits per heavy atom. The normalized spacial score (nSPS) is 11.2. The number of ether oxygens (including phenoxy) is 1. The smallest absolute Gasteiger partial charge is 0.416 e. The zero-order valence-corrected chi connectivity index (χ0v) is 10.2. The van der Waals surface area contributed by atoms with E-state index in [1.165, 1.54) is 12.1 Å². The molecule has 0 aliphatic rings. The highest BCUT2D eigenvalue weighted by molar-refractivity contribution is 5.75. The number of rotatable bonds is 6. The average molecular weight is 276 g/mol. The molecule has 0 aliphatic heterocycles. The lowest BCUT2D eigenvalue weighted by atomic mass is 10.2. The number of benzene rings is 1. The van der Waals surface area contributed by atoms with Gasteiger partial charge in [-0.3, -0.25) is 10.2 Å². The first-order chi connectivity index (χ1) is 8.93. The van der Waals surface area contributed by atoms with E-state index < -0.39 is 11.7 Å². The summed E-state index contributed by atoms with van der Waals surface area (Å²) in [7, 11) is 0. The fraction of sp³-hybridized carbons (Fsp3) is 0.417. The lowest BCUT2D eigenvalue weighted by molar-refractivity contribution is -0.137. The molecule has 1 amide bonds. The molecule has 0 heterocycles. The van der Waals surface area contributed by atoms with Crippen LogP contribution in [0.1, 0.15) is 24.8 Å². The van der Waals surface area contributed by atoms with Crippen molar-refractivity contribution in [1.82, 2.24) is 5.43 Å². The van der Waals surface area contributed by atoms with Gasteiger partial charge in [0.05, 0.1) is 12.2 Å². The number of hydrogen-bond donors (Lipinski definition) is 2. The molecular weight excluding hydrogens is 261 g/mol. The number of nitrogens with one attached hydrogen (secondary N) is 1. The molecule has 0 aromatic heterocycles. The second kappa shape index (κ2) is 6.98. The fourth-order valence-corrected chi connectivity index (χ4v) is 1.39. The number of hydrazine groups is 1. The Balaban J connectivity index is 2.29. The Bertz CT molecular complexity index is 404. The molecule has 0 bridgehead atoms. The molecule has 7 heteroatoms. The molecule has 0 radical (unpaired) electrons. The van der Waals surface area contributed by atoms with Crippen molar-refractivity contribution in [3.63, 3.8) is 0 Å². The van der Waals surface area contributed by atoms with Crippen LogP contribution in [-0.4, -0.2) is 12.5 Å². The maximum Gasteiger partial charge on any atom is 0.416 e. The van der Waals surface area contributed by atoms with Crippen LogP contribution in [0.5, 0.6) is 5.75 Å². The molecule has 0 spiro atoms. The number of nitrogens with two attached hydrogens (primary N) is 1. The van der Waals surface area contributed by atoms with Gasteiger partial charge in [-0.2, -0.15) is 13.2 Å². The lowest BCUT2D eigenvalue weighted by Crippen LogP contribution is -2.29. The van der Waals surface area contributed by atoms with Gasteiger partial charge in [0.15, 0.2) is 0 Å². The van der Waals surface area contributed by atoms with Crippen LogP contribution in [0.2, 0.25) is 0 Å². The van der Waals surface area contributed by atoms with Crippen LogP contribution in [0.25, 0.3) is 0 Å². The monoisotopic (exact) mass is 276 g/mol. The van der Waals surface area contributed by atoms with E-state index in [1.807, 2.05) is 5.43 Å². The molecule has 1 aromatic rings. The van der Waals surface area contributed by atoms with Crippen LogP contribution < -0.4 is 16.0 Å². The van der Waals surface area contributed by atoms with Gasteiger partial charge in [0.1, 0.15) is 5.75 Å². The number of hydrogen-bond acceptors (Lipinski definition) is 3. The van der Waals surface area contributed by atoms with E-state index in [1.54, 1.807) is 0 Å². The van der Waals surface area contributed by atoms with Crippen LogP contribution in [-0.2, 0) is 11.0 Å². The van der Waals surface area contributed by atoms with Crippen molar-refractivity contribution in [3.8, 4) is 5.75 Å². The van der Waals surface area contributed by atoms with Crippen molar-refractivity contribution < 1.29 is 22.7 Å². The average Bonchev–Trinajstić information content (AvgIpc) is 2.37. The van der Waals surface area contributed by atoms with Gasteiger partial charge in [-0.05, 0) is 37.1 Å². The Morgan fingerprint density at radius 3 is 2.37 bits per heavy atom. The third-order valence-corrected chi connectivity index (χ3v) is 2.41. The molecular formula is C12H15F3N2O2. The van der Waals surface area contributed by atoms with Crippen molar-refractivity contribution in [2.75, 3.05) is 6.61 Å². The highest BCUT2D eigenvalue weighted by Gasteiger charge is 2.29. The summed E-state index contributed by atoms with van der Waals surface area (Å²) in [5.74, 6) is 5.02. The van der Waals surface area contributed by atoms with Crippen molar-refractivity contribution in [2.24, 2.45) is 5.84 Å². The van der Waals surface area contributed by atoms with Crippen molar-refractivity contribution in [1.29, 1.82) is 0 Å². The molecule has 0 fully saturated rings. The Kier molecular flexibility index (Phi) is 5.62. The van der Waals surface area contributed by atoms with Crippen LogP contribution in [0.3, 0.4) is 0 Å². The van der Waals surface area contributed by atoms with E-state index in [-0.39, 0.29) is 5.91 Å². The largest absolute Gasteiger partial charge is 0.494 e. The summed E-state index contributed by atoms with van der Waals surface area (Å²) < 4.78 is 42.1. The molecule has 1 aromatic carbocycles. The zero-order valence-electron chi connectivity index (χ0n) is 10.2. The molecule has 0 unspecified atom stereocenters. The summed E-state index contributed by atoms with van der Waals surface area (Å²) in [6, 6.07) is 4.49. The van der Waals surface area contributed by atoms with Gasteiger partial charge in [-0.25, -0.2) is 5.84 Å². The molecule has 106 valence electrons. The Labute approximate surface area is 108 Å². The minimum absolute atomic E-state index is 0.255. The molecule has 0 aliphatic carbocycles. The topological polar surface area (TPSA) is 64.3 Å². The number of carbonyl (C=O) groups excluding carboxylic acids is 1. The number of halogens is 3. The Hall–Kier alpha value is -1.76. The first kappa shape index (κ1) is 15.3. The summed E-state index contributed by atoms with van der Waals surface area (Å²) in [5, 5.41) is 0. The Morgan fingerprint density at radius 2 is 1.84 bits per heavy atom. The van der Waals surface area contributed by atoms with Crippen molar-refractivity contribution >= 4 is 5.91 Å². The third-order valence-electron chi connectivity index (χ3n) is 2.41. The van der Waals surface area contributed by atoms with Crippen LogP contribution in [0, 0.1) is 0 Å². The van der Waals surface area contributed by atoms with E-state index in [0.717, 1.165) is 12.1 Å². The van der Waals surface area contributed by atoms with Gasteiger partial charge in [0.25, 0.3) is 0 Å². The second-order valence-electron chi connectivity index (χ2n) is 3.90. The highest BCUT2D eigenvalue weighted by atomic mass is 19.4. The standard InChI is InChI=1S/C12H15F3N2O2/c13-12(14,15)9-4-6-10(7-5-9)19-8-2-1-3-11(18)17-16/h4-7H,1-3,8,16H2,(H,17,18). The van der Waals surface area contributed by atoms with E-state index in [9.17, 15) is 18.0 Å². The second-order valence-corrected chi connectivity index (χ2v) is 3.90. The predicted octanol–water partition coefficient (Wildman–Crippen LogP) is 2.24. The van der Waals surface area contributed by atoms with Crippen LogP contribution in [0.4, 0.5) is 13.2 Å². The highest BCUT2D eigenvalue weighted by Crippen LogP contribution is 2.30. The first-order valence-electron chi connectivity index (χ1n) is 5.73. The maximum atomic E-state index is 12.3. The number of alkyl halides is 3. The molecule has 0 atom stereocenters. The quantitative estimate of drug-likeness (QED) is 0.362. The minimum atomic E-state index is -4.34. The molecule has 1 rings (SSSR count). The van der Waals surface area contributed by atoms with E-state index in [2.05, 4.69) is 0 Å². The van der Waals surface area contributed by atoms with Gasteiger partial charge in [0.2, 0.25) is 5.91 Å². The van der Waals surface area contributed by atoms with E-state index in [0.29, 0.717) is 31.6 Å². The number of carbonyl (C=O) groups is 1. The van der Waals surface area contributed by atoms with Crippen LogP contribution in [0.15, 0.2) is 24.3 Å². The van der Waals surface area contributed by atoms with Crippen molar-refractivity contribution in [2.45, 2.75) is 25.4 Å². The van der Waals surface area contributed by atoms with Gasteiger partial charge in [0, 0.05) is 6.42 Å². The summed E-state index contributed by atoms with van der Waals surface area (Å²) in [4.78, 5) is 10.8. The predicted molar refractivity (Wildman–Crippen MR) is 63.1 cm³/mol.